The Morgan fingerprint density at radius 1 is 0.944 bits per heavy atom. The molecule has 0 saturated carbocycles. The van der Waals surface area contributed by atoms with Crippen molar-refractivity contribution in [1.29, 1.82) is 0 Å². The smallest absolute Gasteiger partial charge is 0.317 e. The molecule has 0 amide bonds. The Balaban J connectivity index is 2.68. The van der Waals surface area contributed by atoms with Crippen molar-refractivity contribution in [2.24, 2.45) is 0 Å². The summed E-state index contributed by atoms with van der Waals surface area (Å²) in [5, 5.41) is 26.3. The number of carbonyl (C=O) groups is 2. The first-order valence-corrected chi connectivity index (χ1v) is 5.36. The van der Waals surface area contributed by atoms with Crippen LogP contribution in [0.4, 0.5) is 0 Å². The van der Waals surface area contributed by atoms with Crippen molar-refractivity contribution in [3.05, 3.63) is 35.4 Å². The number of benzene rings is 1. The zero-order valence-corrected chi connectivity index (χ0v) is 9.74. The van der Waals surface area contributed by atoms with E-state index in [-0.39, 0.29) is 26.2 Å². The van der Waals surface area contributed by atoms with Crippen LogP contribution in [0.25, 0.3) is 0 Å². The lowest BCUT2D eigenvalue weighted by Gasteiger charge is -2.17. The molecule has 0 unspecified atom stereocenters. The SMILES string of the molecule is O=C(O)CN(CC(=O)O)Cc1ccc(CO)cc1. The molecule has 0 saturated heterocycles. The van der Waals surface area contributed by atoms with Gasteiger partial charge in [0.25, 0.3) is 0 Å². The summed E-state index contributed by atoms with van der Waals surface area (Å²) in [6.45, 7) is -0.472. The molecule has 0 radical (unpaired) electrons. The lowest BCUT2D eigenvalue weighted by atomic mass is 10.1. The highest BCUT2D eigenvalue weighted by Crippen LogP contribution is 2.07. The zero-order valence-electron chi connectivity index (χ0n) is 9.74. The van der Waals surface area contributed by atoms with Crippen molar-refractivity contribution in [2.45, 2.75) is 13.2 Å². The molecule has 0 aromatic heterocycles. The van der Waals surface area contributed by atoms with Crippen molar-refractivity contribution in [2.75, 3.05) is 13.1 Å². The van der Waals surface area contributed by atoms with E-state index in [1.807, 2.05) is 0 Å². The van der Waals surface area contributed by atoms with Gasteiger partial charge in [0, 0.05) is 6.54 Å². The van der Waals surface area contributed by atoms with Gasteiger partial charge >= 0.3 is 11.9 Å². The molecule has 0 aliphatic carbocycles. The first kappa shape index (κ1) is 14.1. The maximum atomic E-state index is 10.6. The van der Waals surface area contributed by atoms with E-state index in [4.69, 9.17) is 15.3 Å². The van der Waals surface area contributed by atoms with Crippen LogP contribution in [0, 0.1) is 0 Å². The fourth-order valence-electron chi connectivity index (χ4n) is 1.56. The predicted molar refractivity (Wildman–Crippen MR) is 62.9 cm³/mol. The highest BCUT2D eigenvalue weighted by atomic mass is 16.4. The van der Waals surface area contributed by atoms with Crippen LogP contribution in [0.5, 0.6) is 0 Å². The summed E-state index contributed by atoms with van der Waals surface area (Å²) >= 11 is 0. The van der Waals surface area contributed by atoms with E-state index >= 15 is 0 Å². The summed E-state index contributed by atoms with van der Waals surface area (Å²) in [5.74, 6) is -2.13. The first-order chi connectivity index (χ1) is 8.51. The fraction of sp³-hybridized carbons (Fsp3) is 0.333. The van der Waals surface area contributed by atoms with Crippen LogP contribution >= 0.6 is 0 Å². The van der Waals surface area contributed by atoms with Crippen LogP contribution in [0.1, 0.15) is 11.1 Å². The Labute approximate surface area is 104 Å². The van der Waals surface area contributed by atoms with Gasteiger partial charge in [-0.1, -0.05) is 24.3 Å². The summed E-state index contributed by atoms with van der Waals surface area (Å²) < 4.78 is 0. The van der Waals surface area contributed by atoms with E-state index in [1.165, 1.54) is 4.90 Å². The maximum Gasteiger partial charge on any atom is 0.317 e. The molecule has 0 heterocycles. The Kier molecular flexibility index (Phi) is 5.29. The van der Waals surface area contributed by atoms with Gasteiger partial charge < -0.3 is 15.3 Å². The zero-order chi connectivity index (χ0) is 13.5. The van der Waals surface area contributed by atoms with E-state index in [0.29, 0.717) is 0 Å². The van der Waals surface area contributed by atoms with Crippen LogP contribution in [-0.4, -0.2) is 45.2 Å². The predicted octanol–water partition coefficient (Wildman–Crippen LogP) is 0.150. The molecule has 0 fully saturated rings. The monoisotopic (exact) mass is 253 g/mol. The summed E-state index contributed by atoms with van der Waals surface area (Å²) in [5.41, 5.74) is 1.55. The van der Waals surface area contributed by atoms with Crippen LogP contribution in [0.2, 0.25) is 0 Å². The number of aliphatic hydroxyl groups is 1. The van der Waals surface area contributed by atoms with Gasteiger partial charge in [-0.2, -0.15) is 0 Å². The third-order valence-electron chi connectivity index (χ3n) is 2.33. The molecule has 0 spiro atoms. The minimum absolute atomic E-state index is 0.0613. The standard InChI is InChI=1S/C12H15NO5/c14-8-10-3-1-9(2-4-10)5-13(6-11(15)16)7-12(17)18/h1-4,14H,5-8H2,(H,15,16)(H,17,18). The Morgan fingerprint density at radius 2 is 1.39 bits per heavy atom. The second-order valence-electron chi connectivity index (χ2n) is 3.91. The van der Waals surface area contributed by atoms with Gasteiger partial charge in [0.05, 0.1) is 19.7 Å². The van der Waals surface area contributed by atoms with Crippen LogP contribution in [0.3, 0.4) is 0 Å². The number of aliphatic carboxylic acids is 2. The largest absolute Gasteiger partial charge is 0.480 e. The van der Waals surface area contributed by atoms with E-state index in [0.717, 1.165) is 11.1 Å². The average molecular weight is 253 g/mol. The number of hydrogen-bond acceptors (Lipinski definition) is 4. The molecule has 0 bridgehead atoms. The molecule has 98 valence electrons. The van der Waals surface area contributed by atoms with E-state index in [2.05, 4.69) is 0 Å². The number of hydrogen-bond donors (Lipinski definition) is 3. The molecular formula is C12H15NO5. The summed E-state index contributed by atoms with van der Waals surface area (Å²) in [6.07, 6.45) is 0. The number of rotatable bonds is 7. The Hall–Kier alpha value is -1.92. The van der Waals surface area contributed by atoms with Crippen LogP contribution in [0.15, 0.2) is 24.3 Å². The highest BCUT2D eigenvalue weighted by Gasteiger charge is 2.13. The van der Waals surface area contributed by atoms with Gasteiger partial charge in [0.1, 0.15) is 0 Å². The second-order valence-corrected chi connectivity index (χ2v) is 3.91. The molecule has 6 nitrogen and oxygen atoms in total. The third-order valence-corrected chi connectivity index (χ3v) is 2.33. The highest BCUT2D eigenvalue weighted by molar-refractivity contribution is 5.72. The van der Waals surface area contributed by atoms with Crippen molar-refractivity contribution < 1.29 is 24.9 Å². The van der Waals surface area contributed by atoms with Gasteiger partial charge in [0.2, 0.25) is 0 Å². The van der Waals surface area contributed by atoms with Crippen molar-refractivity contribution >= 4 is 11.9 Å². The van der Waals surface area contributed by atoms with Gasteiger partial charge in [-0.25, -0.2) is 0 Å². The van der Waals surface area contributed by atoms with Gasteiger partial charge in [-0.15, -0.1) is 0 Å². The molecule has 1 aromatic carbocycles. The topological polar surface area (TPSA) is 98.1 Å². The molecular weight excluding hydrogens is 238 g/mol. The first-order valence-electron chi connectivity index (χ1n) is 5.36. The van der Waals surface area contributed by atoms with E-state index in [9.17, 15) is 9.59 Å². The summed E-state index contributed by atoms with van der Waals surface area (Å²) in [6, 6.07) is 6.91. The molecule has 3 N–H and O–H groups in total. The van der Waals surface area contributed by atoms with Gasteiger partial charge in [-0.3, -0.25) is 14.5 Å². The molecule has 0 aliphatic rings. The number of nitrogens with zero attached hydrogens (tertiary/aromatic N) is 1. The maximum absolute atomic E-state index is 10.6. The lowest BCUT2D eigenvalue weighted by Crippen LogP contribution is -2.33. The van der Waals surface area contributed by atoms with Crippen molar-refractivity contribution in [3.8, 4) is 0 Å². The number of carboxylic acid groups (broad SMARTS) is 2. The quantitative estimate of drug-likeness (QED) is 0.640. The summed E-state index contributed by atoms with van der Waals surface area (Å²) in [7, 11) is 0. The van der Waals surface area contributed by atoms with E-state index < -0.39 is 11.9 Å². The van der Waals surface area contributed by atoms with Crippen LogP contribution in [-0.2, 0) is 22.7 Å². The van der Waals surface area contributed by atoms with Crippen LogP contribution < -0.4 is 0 Å². The molecule has 18 heavy (non-hydrogen) atoms. The Morgan fingerprint density at radius 3 is 1.78 bits per heavy atom. The summed E-state index contributed by atoms with van der Waals surface area (Å²) in [4.78, 5) is 22.5. The third kappa shape index (κ3) is 4.94. The molecule has 0 atom stereocenters. The molecule has 1 aromatic rings. The molecule has 0 aliphatic heterocycles. The number of aliphatic hydroxyl groups excluding tert-OH is 1. The van der Waals surface area contributed by atoms with Gasteiger partial charge in [0.15, 0.2) is 0 Å². The minimum atomic E-state index is -1.07. The van der Waals surface area contributed by atoms with Crippen molar-refractivity contribution in [3.63, 3.8) is 0 Å². The normalized spacial score (nSPS) is 10.6. The number of carboxylic acids is 2. The minimum Gasteiger partial charge on any atom is -0.480 e. The molecule has 1 rings (SSSR count). The van der Waals surface area contributed by atoms with E-state index in [1.54, 1.807) is 24.3 Å². The van der Waals surface area contributed by atoms with Crippen molar-refractivity contribution in [1.82, 2.24) is 4.90 Å². The second kappa shape index (κ2) is 6.73. The average Bonchev–Trinajstić information content (AvgIpc) is 2.28. The lowest BCUT2D eigenvalue weighted by molar-refractivity contribution is -0.142. The van der Waals surface area contributed by atoms with Gasteiger partial charge in [-0.05, 0) is 11.1 Å². The molecule has 6 heteroatoms. The fourth-order valence-corrected chi connectivity index (χ4v) is 1.56. The Bertz CT molecular complexity index is 399.